The van der Waals surface area contributed by atoms with E-state index in [2.05, 4.69) is 20.3 Å². The fourth-order valence-corrected chi connectivity index (χ4v) is 6.37. The molecule has 12 heteroatoms. The summed E-state index contributed by atoms with van der Waals surface area (Å²) in [5, 5.41) is 3.51. The number of likely N-dealkylation sites (tertiary alicyclic amines) is 1. The number of nitrogens with one attached hydrogen (secondary N) is 1. The molecule has 1 unspecified atom stereocenters. The Hall–Kier alpha value is -3.96. The van der Waals surface area contributed by atoms with Crippen LogP contribution in [-0.4, -0.2) is 61.7 Å². The second-order valence-electron chi connectivity index (χ2n) is 11.0. The van der Waals surface area contributed by atoms with Gasteiger partial charge in [0.15, 0.2) is 10.8 Å². The minimum atomic E-state index is -0.834. The first-order chi connectivity index (χ1) is 20.1. The molecule has 42 heavy (non-hydrogen) atoms. The minimum absolute atomic E-state index is 0.0419. The maximum Gasteiger partial charge on any atom is 0.265 e. The van der Waals surface area contributed by atoms with Gasteiger partial charge in [-0.25, -0.2) is 19.3 Å². The summed E-state index contributed by atoms with van der Waals surface area (Å²) in [6, 6.07) is 11.4. The number of pyridine rings is 1. The molecule has 2 fully saturated rings. The molecule has 0 radical (unpaired) electrons. The van der Waals surface area contributed by atoms with Crippen LogP contribution in [0.5, 0.6) is 5.75 Å². The van der Waals surface area contributed by atoms with Gasteiger partial charge in [0.1, 0.15) is 28.4 Å². The number of rotatable bonds is 8. The van der Waals surface area contributed by atoms with Gasteiger partial charge in [0.2, 0.25) is 5.91 Å². The molecule has 6 rings (SSSR count). The van der Waals surface area contributed by atoms with E-state index in [0.29, 0.717) is 51.6 Å². The Morgan fingerprint density at radius 2 is 1.81 bits per heavy atom. The molecular weight excluding hydrogens is 579 g/mol. The molecule has 4 heterocycles. The monoisotopic (exact) mass is 606 g/mol. The fraction of sp³-hybridized carbons (Fsp3) is 0.333. The van der Waals surface area contributed by atoms with E-state index in [1.165, 1.54) is 23.5 Å². The van der Waals surface area contributed by atoms with E-state index in [1.54, 1.807) is 30.6 Å². The van der Waals surface area contributed by atoms with Gasteiger partial charge in [-0.3, -0.25) is 14.6 Å². The van der Waals surface area contributed by atoms with E-state index < -0.39 is 5.54 Å². The fourth-order valence-electron chi connectivity index (χ4n) is 5.32. The van der Waals surface area contributed by atoms with Gasteiger partial charge in [-0.15, -0.1) is 22.9 Å². The molecule has 9 nitrogen and oxygen atoms in total. The van der Waals surface area contributed by atoms with Gasteiger partial charge in [-0.05, 0) is 51.1 Å². The van der Waals surface area contributed by atoms with E-state index >= 15 is 0 Å². The number of nitrogens with zero attached hydrogens (tertiary/aromatic N) is 5. The third kappa shape index (κ3) is 5.58. The van der Waals surface area contributed by atoms with Crippen LogP contribution in [0, 0.1) is 24.6 Å². The van der Waals surface area contributed by atoms with Crippen LogP contribution in [0.3, 0.4) is 0 Å². The smallest absolute Gasteiger partial charge is 0.265 e. The second-order valence-corrected chi connectivity index (χ2v) is 12.3. The average molecular weight is 607 g/mol. The Morgan fingerprint density at radius 3 is 2.48 bits per heavy atom. The zero-order chi connectivity index (χ0) is 29.6. The van der Waals surface area contributed by atoms with E-state index in [1.807, 2.05) is 37.8 Å². The molecule has 2 amide bonds. The maximum absolute atomic E-state index is 13.6. The molecule has 4 aromatic rings. The lowest BCUT2D eigenvalue weighted by Crippen LogP contribution is -2.42. The first kappa shape index (κ1) is 28.2. The molecule has 3 atom stereocenters. The van der Waals surface area contributed by atoms with Crippen LogP contribution in [0.15, 0.2) is 54.9 Å². The van der Waals surface area contributed by atoms with Crippen LogP contribution in [0.4, 0.5) is 4.39 Å². The van der Waals surface area contributed by atoms with Crippen molar-refractivity contribution in [2.24, 2.45) is 11.8 Å². The number of aryl methyl sites for hydroxylation is 1. The van der Waals surface area contributed by atoms with Crippen LogP contribution >= 0.6 is 22.9 Å². The number of carbonyl (C=O) groups is 2. The molecule has 1 aliphatic carbocycles. The lowest BCUT2D eigenvalue weighted by molar-refractivity contribution is -0.120. The van der Waals surface area contributed by atoms with Gasteiger partial charge < -0.3 is 15.0 Å². The summed E-state index contributed by atoms with van der Waals surface area (Å²) < 4.78 is 20.0. The number of amides is 2. The molecule has 216 valence electrons. The van der Waals surface area contributed by atoms with Gasteiger partial charge in [-0.1, -0.05) is 0 Å². The number of hydrogen-bond acceptors (Lipinski definition) is 8. The summed E-state index contributed by atoms with van der Waals surface area (Å²) in [7, 11) is 0. The topological polar surface area (TPSA) is 110 Å². The Bertz CT molecular complexity index is 1640. The molecule has 2 aliphatic rings. The van der Waals surface area contributed by atoms with Crippen molar-refractivity contribution in [3.8, 4) is 27.8 Å². The summed E-state index contributed by atoms with van der Waals surface area (Å²) in [6.07, 6.45) is 3.25. The van der Waals surface area contributed by atoms with E-state index in [9.17, 15) is 14.0 Å². The summed E-state index contributed by atoms with van der Waals surface area (Å²) in [4.78, 5) is 45.7. The van der Waals surface area contributed by atoms with Crippen LogP contribution < -0.4 is 10.1 Å². The van der Waals surface area contributed by atoms with Crippen molar-refractivity contribution in [1.29, 1.82) is 0 Å². The van der Waals surface area contributed by atoms with Crippen LogP contribution in [0.1, 0.15) is 34.9 Å². The molecular formula is C30H28ClFN6O3S. The van der Waals surface area contributed by atoms with E-state index in [0.717, 1.165) is 5.56 Å². The molecule has 1 aliphatic heterocycles. The highest BCUT2D eigenvalue weighted by molar-refractivity contribution is 7.17. The lowest BCUT2D eigenvalue weighted by Gasteiger charge is -2.27. The number of carbonyl (C=O) groups excluding carboxylic acids is 2. The van der Waals surface area contributed by atoms with Crippen molar-refractivity contribution >= 4 is 34.8 Å². The average Bonchev–Trinajstić information content (AvgIpc) is 3.29. The highest BCUT2D eigenvalue weighted by Gasteiger charge is 2.59. The van der Waals surface area contributed by atoms with Gasteiger partial charge >= 0.3 is 0 Å². The van der Waals surface area contributed by atoms with Crippen LogP contribution in [0.2, 0.25) is 0 Å². The first-order valence-electron chi connectivity index (χ1n) is 13.5. The number of thiazole rings is 1. The van der Waals surface area contributed by atoms with Crippen molar-refractivity contribution in [3.05, 3.63) is 76.9 Å². The molecule has 1 saturated heterocycles. The Kier molecular flexibility index (Phi) is 7.40. The van der Waals surface area contributed by atoms with Crippen molar-refractivity contribution in [3.63, 3.8) is 0 Å². The number of piperidine rings is 1. The Labute approximate surface area is 251 Å². The summed E-state index contributed by atoms with van der Waals surface area (Å²) in [6.45, 7) is 6.68. The Balaban J connectivity index is 1.18. The van der Waals surface area contributed by atoms with Gasteiger partial charge in [0.05, 0.1) is 22.6 Å². The van der Waals surface area contributed by atoms with Crippen molar-refractivity contribution in [2.75, 3.05) is 19.0 Å². The number of alkyl halides is 1. The predicted octanol–water partition coefficient (Wildman–Crippen LogP) is 4.85. The largest absolute Gasteiger partial charge is 0.490 e. The summed E-state index contributed by atoms with van der Waals surface area (Å²) in [5.74, 6) is 0.624. The first-order valence-corrected chi connectivity index (χ1v) is 14.8. The highest BCUT2D eigenvalue weighted by atomic mass is 35.5. The number of fused-ring (bicyclic) bond motifs is 1. The SMILES string of the molecule is Cc1nc(-c2ncccn2)sc1C(=O)N1C[C@@H]2C(Oc3cc(-c4ccc(F)cc4)nc(C(C)(C)NC(=O)CCl)c3)[C@@H]2C1. The maximum atomic E-state index is 13.6. The quantitative estimate of drug-likeness (QED) is 0.286. The zero-order valence-corrected chi connectivity index (χ0v) is 24.7. The number of ether oxygens (including phenoxy) is 1. The van der Waals surface area contributed by atoms with Crippen LogP contribution in [0.25, 0.3) is 22.1 Å². The van der Waals surface area contributed by atoms with Crippen molar-refractivity contribution in [2.45, 2.75) is 32.4 Å². The van der Waals surface area contributed by atoms with Crippen LogP contribution in [-0.2, 0) is 10.3 Å². The molecule has 0 spiro atoms. The summed E-state index contributed by atoms with van der Waals surface area (Å²) in [5.41, 5.74) is 1.73. The predicted molar refractivity (Wildman–Crippen MR) is 157 cm³/mol. The molecule has 3 aromatic heterocycles. The number of benzene rings is 1. The molecule has 1 N–H and O–H groups in total. The van der Waals surface area contributed by atoms with Gasteiger partial charge in [0.25, 0.3) is 5.91 Å². The van der Waals surface area contributed by atoms with Crippen molar-refractivity contribution in [1.82, 2.24) is 30.2 Å². The molecule has 0 bridgehead atoms. The zero-order valence-electron chi connectivity index (χ0n) is 23.2. The summed E-state index contributed by atoms with van der Waals surface area (Å²) >= 11 is 7.04. The number of hydrogen-bond donors (Lipinski definition) is 1. The minimum Gasteiger partial charge on any atom is -0.490 e. The third-order valence-corrected chi connectivity index (χ3v) is 8.96. The number of halogens is 2. The standard InChI is InChI=1S/C30H28ClFN6O3S/c1-16-26(42-28(35-16)27-33-9-4-10-34-27)29(40)38-14-20-21(15-38)25(20)41-19-11-22(17-5-7-18(32)8-6-17)36-23(12-19)30(2,3)37-24(39)13-31/h4-12,20-21,25H,13-15H2,1-3H3,(H,37,39)/t20-,21+,25?. The Morgan fingerprint density at radius 1 is 1.12 bits per heavy atom. The van der Waals surface area contributed by atoms with Crippen molar-refractivity contribution < 1.29 is 18.7 Å². The molecule has 1 aromatic carbocycles. The third-order valence-electron chi connectivity index (χ3n) is 7.58. The van der Waals surface area contributed by atoms with Gasteiger partial charge in [-0.2, -0.15) is 0 Å². The van der Waals surface area contributed by atoms with E-state index in [-0.39, 0.29) is 41.5 Å². The molecule has 1 saturated carbocycles. The van der Waals surface area contributed by atoms with Gasteiger partial charge in [0, 0.05) is 55.0 Å². The second kappa shape index (κ2) is 11.0. The number of aromatic nitrogens is 4. The lowest BCUT2D eigenvalue weighted by atomic mass is 9.98. The normalized spacial score (nSPS) is 19.4. The highest BCUT2D eigenvalue weighted by Crippen LogP contribution is 2.49. The van der Waals surface area contributed by atoms with E-state index in [4.69, 9.17) is 21.3 Å².